The van der Waals surface area contributed by atoms with Gasteiger partial charge in [0.2, 0.25) is 0 Å². The van der Waals surface area contributed by atoms with Crippen molar-refractivity contribution >= 4 is 26.7 Å². The summed E-state index contributed by atoms with van der Waals surface area (Å²) in [5, 5.41) is 2.46. The van der Waals surface area contributed by atoms with E-state index >= 15 is 0 Å². The normalized spacial score (nSPS) is 9.43. The van der Waals surface area contributed by atoms with Crippen LogP contribution in [0.1, 0.15) is 19.5 Å². The van der Waals surface area contributed by atoms with Crippen LogP contribution in [-0.2, 0) is 0 Å². The zero-order valence-electron chi connectivity index (χ0n) is 8.71. The average molecular weight is 252 g/mol. The molecule has 1 aromatic carbocycles. The van der Waals surface area contributed by atoms with Crippen LogP contribution in [0.2, 0.25) is 0 Å². The number of hydrogen-bond donors (Lipinski definition) is 0. The fourth-order valence-electron chi connectivity index (χ4n) is 1.29. The second-order valence-corrected chi connectivity index (χ2v) is 3.68. The second kappa shape index (κ2) is 5.11. The van der Waals surface area contributed by atoms with Crippen LogP contribution < -0.4 is 0 Å². The lowest BCUT2D eigenvalue weighted by Crippen LogP contribution is -1.82. The van der Waals surface area contributed by atoms with E-state index in [2.05, 4.69) is 33.0 Å². The Bertz CT molecular complexity index is 424. The largest absolute Gasteiger partial charge is 0.261 e. The zero-order chi connectivity index (χ0) is 10.6. The molecule has 0 bridgehead atoms. The van der Waals surface area contributed by atoms with Crippen LogP contribution in [0.4, 0.5) is 0 Å². The van der Waals surface area contributed by atoms with Gasteiger partial charge in [-0.25, -0.2) is 0 Å². The van der Waals surface area contributed by atoms with Crippen molar-refractivity contribution in [3.05, 3.63) is 40.6 Å². The third-order valence-corrected chi connectivity index (χ3v) is 2.42. The number of aromatic nitrogens is 1. The monoisotopic (exact) mass is 251 g/mol. The van der Waals surface area contributed by atoms with E-state index in [1.807, 2.05) is 39.1 Å². The molecule has 0 aliphatic heterocycles. The molecule has 2 heteroatoms. The molecule has 0 fully saturated rings. The highest BCUT2D eigenvalue weighted by Gasteiger charge is 1.96. The second-order valence-electron chi connectivity index (χ2n) is 2.76. The fraction of sp³-hybridized carbons (Fsp3) is 0.250. The van der Waals surface area contributed by atoms with Crippen LogP contribution in [0.15, 0.2) is 34.9 Å². The van der Waals surface area contributed by atoms with Gasteiger partial charge in [-0.1, -0.05) is 35.8 Å². The standard InChI is InChI=1S/C10H8BrN.C2H6/c1-7-10-6-9(11)3-2-8(10)4-5-12-7;1-2/h2-6H,1H3;1-2H3. The molecule has 1 heterocycles. The molecular formula is C12H14BrN. The average Bonchev–Trinajstić information content (AvgIpc) is 2.22. The van der Waals surface area contributed by atoms with E-state index in [1.165, 1.54) is 10.8 Å². The number of fused-ring (bicyclic) bond motifs is 1. The van der Waals surface area contributed by atoms with Crippen molar-refractivity contribution in [2.24, 2.45) is 0 Å². The molecule has 0 aliphatic rings. The highest BCUT2D eigenvalue weighted by atomic mass is 79.9. The predicted octanol–water partition coefficient (Wildman–Crippen LogP) is 4.33. The lowest BCUT2D eigenvalue weighted by Gasteiger charge is -2.00. The molecular weight excluding hydrogens is 238 g/mol. The Morgan fingerprint density at radius 1 is 1.14 bits per heavy atom. The molecule has 0 N–H and O–H groups in total. The number of benzene rings is 1. The van der Waals surface area contributed by atoms with E-state index in [-0.39, 0.29) is 0 Å². The highest BCUT2D eigenvalue weighted by molar-refractivity contribution is 9.10. The maximum Gasteiger partial charge on any atom is 0.0451 e. The van der Waals surface area contributed by atoms with Gasteiger partial charge in [-0.05, 0) is 30.5 Å². The van der Waals surface area contributed by atoms with Crippen molar-refractivity contribution in [3.63, 3.8) is 0 Å². The Morgan fingerprint density at radius 3 is 2.57 bits per heavy atom. The quantitative estimate of drug-likeness (QED) is 0.679. The molecule has 74 valence electrons. The Labute approximate surface area is 93.3 Å². The van der Waals surface area contributed by atoms with Crippen LogP contribution in [0.25, 0.3) is 10.8 Å². The summed E-state index contributed by atoms with van der Waals surface area (Å²) in [7, 11) is 0. The van der Waals surface area contributed by atoms with Crippen molar-refractivity contribution in [2.75, 3.05) is 0 Å². The van der Waals surface area contributed by atoms with Crippen molar-refractivity contribution in [1.82, 2.24) is 4.98 Å². The van der Waals surface area contributed by atoms with Gasteiger partial charge in [-0.15, -0.1) is 0 Å². The number of halogens is 1. The Balaban J connectivity index is 0.000000461. The van der Waals surface area contributed by atoms with Crippen molar-refractivity contribution in [1.29, 1.82) is 0 Å². The zero-order valence-corrected chi connectivity index (χ0v) is 10.3. The summed E-state index contributed by atoms with van der Waals surface area (Å²) in [6, 6.07) is 8.25. The molecule has 14 heavy (non-hydrogen) atoms. The Hall–Kier alpha value is -0.890. The van der Waals surface area contributed by atoms with Crippen molar-refractivity contribution < 1.29 is 0 Å². The van der Waals surface area contributed by atoms with E-state index in [9.17, 15) is 0 Å². The first-order valence-corrected chi connectivity index (χ1v) is 5.57. The van der Waals surface area contributed by atoms with Gasteiger partial charge in [-0.2, -0.15) is 0 Å². The van der Waals surface area contributed by atoms with Crippen molar-refractivity contribution in [2.45, 2.75) is 20.8 Å². The fourth-order valence-corrected chi connectivity index (χ4v) is 1.65. The molecule has 0 saturated heterocycles. The summed E-state index contributed by atoms with van der Waals surface area (Å²) in [5.74, 6) is 0. The van der Waals surface area contributed by atoms with Crippen molar-refractivity contribution in [3.8, 4) is 0 Å². The first-order valence-electron chi connectivity index (χ1n) is 4.78. The van der Waals surface area contributed by atoms with Crippen LogP contribution in [-0.4, -0.2) is 4.98 Å². The lowest BCUT2D eigenvalue weighted by atomic mass is 10.1. The predicted molar refractivity (Wildman–Crippen MR) is 65.5 cm³/mol. The first-order chi connectivity index (χ1) is 6.77. The molecule has 2 aromatic rings. The number of nitrogens with zero attached hydrogens (tertiary/aromatic N) is 1. The topological polar surface area (TPSA) is 12.9 Å². The smallest absolute Gasteiger partial charge is 0.0451 e. The van der Waals surface area contributed by atoms with Gasteiger partial charge in [0.25, 0.3) is 0 Å². The van der Waals surface area contributed by atoms with Gasteiger partial charge in [-0.3, -0.25) is 4.98 Å². The van der Waals surface area contributed by atoms with E-state index in [0.29, 0.717) is 0 Å². The summed E-state index contributed by atoms with van der Waals surface area (Å²) in [6.45, 7) is 6.02. The summed E-state index contributed by atoms with van der Waals surface area (Å²) < 4.78 is 1.10. The minimum Gasteiger partial charge on any atom is -0.261 e. The summed E-state index contributed by atoms with van der Waals surface area (Å²) >= 11 is 3.44. The Kier molecular flexibility index (Phi) is 4.08. The van der Waals surface area contributed by atoms with Crippen LogP contribution >= 0.6 is 15.9 Å². The summed E-state index contributed by atoms with van der Waals surface area (Å²) in [5.41, 5.74) is 1.08. The van der Waals surface area contributed by atoms with E-state index in [4.69, 9.17) is 0 Å². The molecule has 1 nitrogen and oxygen atoms in total. The summed E-state index contributed by atoms with van der Waals surface area (Å²) in [4.78, 5) is 4.23. The van der Waals surface area contributed by atoms with Gasteiger partial charge in [0, 0.05) is 21.7 Å². The summed E-state index contributed by atoms with van der Waals surface area (Å²) in [6.07, 6.45) is 1.84. The minimum atomic E-state index is 1.08. The van der Waals surface area contributed by atoms with Gasteiger partial charge < -0.3 is 0 Å². The molecule has 0 atom stereocenters. The molecule has 0 aliphatic carbocycles. The van der Waals surface area contributed by atoms with Crippen LogP contribution in [0.5, 0.6) is 0 Å². The minimum absolute atomic E-state index is 1.08. The SMILES string of the molecule is CC.Cc1nccc2ccc(Br)cc12. The Morgan fingerprint density at radius 2 is 1.86 bits per heavy atom. The lowest BCUT2D eigenvalue weighted by molar-refractivity contribution is 1.24. The molecule has 2 rings (SSSR count). The molecule has 0 unspecified atom stereocenters. The van der Waals surface area contributed by atoms with E-state index < -0.39 is 0 Å². The van der Waals surface area contributed by atoms with Gasteiger partial charge in [0.15, 0.2) is 0 Å². The number of aryl methyl sites for hydroxylation is 1. The highest BCUT2D eigenvalue weighted by Crippen LogP contribution is 2.20. The van der Waals surface area contributed by atoms with E-state index in [1.54, 1.807) is 0 Å². The van der Waals surface area contributed by atoms with Gasteiger partial charge in [0.05, 0.1) is 0 Å². The van der Waals surface area contributed by atoms with Crippen LogP contribution in [0, 0.1) is 6.92 Å². The molecule has 1 aromatic heterocycles. The number of pyridine rings is 1. The first kappa shape index (κ1) is 11.2. The molecule has 0 saturated carbocycles. The molecule has 0 amide bonds. The number of rotatable bonds is 0. The van der Waals surface area contributed by atoms with Crippen LogP contribution in [0.3, 0.4) is 0 Å². The van der Waals surface area contributed by atoms with Gasteiger partial charge in [0.1, 0.15) is 0 Å². The van der Waals surface area contributed by atoms with E-state index in [0.717, 1.165) is 10.2 Å². The molecule has 0 spiro atoms. The maximum absolute atomic E-state index is 4.23. The third-order valence-electron chi connectivity index (χ3n) is 1.93. The maximum atomic E-state index is 4.23. The molecule has 0 radical (unpaired) electrons. The van der Waals surface area contributed by atoms with Gasteiger partial charge >= 0.3 is 0 Å². The third kappa shape index (κ3) is 2.32. The number of hydrogen-bond acceptors (Lipinski definition) is 1.